The van der Waals surface area contributed by atoms with Crippen LogP contribution in [-0.2, 0) is 9.53 Å². The lowest BCUT2D eigenvalue weighted by atomic mass is 10.0. The van der Waals surface area contributed by atoms with Gasteiger partial charge in [-0.05, 0) is 33.4 Å². The molecule has 0 amide bonds. The summed E-state index contributed by atoms with van der Waals surface area (Å²) < 4.78 is 4.84. The monoisotopic (exact) mass is 214 g/mol. The average Bonchev–Trinajstić information content (AvgIpc) is 2.99. The van der Waals surface area contributed by atoms with Crippen molar-refractivity contribution in [2.75, 3.05) is 27.2 Å². The van der Waals surface area contributed by atoms with Gasteiger partial charge in [0.15, 0.2) is 0 Å². The van der Waals surface area contributed by atoms with Gasteiger partial charge in [-0.1, -0.05) is 6.92 Å². The third-order valence-electron chi connectivity index (χ3n) is 2.94. The topological polar surface area (TPSA) is 41.6 Å². The van der Waals surface area contributed by atoms with Gasteiger partial charge in [0.2, 0.25) is 0 Å². The van der Waals surface area contributed by atoms with Crippen LogP contribution in [0.5, 0.6) is 0 Å². The van der Waals surface area contributed by atoms with Crippen LogP contribution < -0.4 is 5.32 Å². The van der Waals surface area contributed by atoms with Crippen molar-refractivity contribution in [3.05, 3.63) is 0 Å². The number of esters is 1. The van der Waals surface area contributed by atoms with Crippen molar-refractivity contribution in [2.45, 2.75) is 38.3 Å². The number of carbonyl (C=O) groups is 1. The van der Waals surface area contributed by atoms with E-state index in [0.29, 0.717) is 12.6 Å². The molecule has 4 nitrogen and oxygen atoms in total. The molecule has 0 aromatic heterocycles. The summed E-state index contributed by atoms with van der Waals surface area (Å²) in [5, 5.41) is 3.21. The molecule has 0 aromatic rings. The standard InChI is InChI=1S/C11H22N2O2/c1-5-12-11(2,10(14)15-4)8-13(3)9-6-7-9/h9,12H,5-8H2,1-4H3. The van der Waals surface area contributed by atoms with Crippen LogP contribution in [0.1, 0.15) is 26.7 Å². The Balaban J connectivity index is 2.57. The van der Waals surface area contributed by atoms with Crippen molar-refractivity contribution in [2.24, 2.45) is 0 Å². The number of nitrogens with zero attached hydrogens (tertiary/aromatic N) is 1. The zero-order valence-corrected chi connectivity index (χ0v) is 10.2. The summed E-state index contributed by atoms with van der Waals surface area (Å²) in [6.45, 7) is 5.38. The van der Waals surface area contributed by atoms with E-state index in [4.69, 9.17) is 4.74 Å². The number of carbonyl (C=O) groups excluding carboxylic acids is 1. The van der Waals surface area contributed by atoms with Gasteiger partial charge in [-0.3, -0.25) is 4.79 Å². The van der Waals surface area contributed by atoms with Crippen molar-refractivity contribution in [1.82, 2.24) is 10.2 Å². The highest BCUT2D eigenvalue weighted by Crippen LogP contribution is 2.26. The predicted octanol–water partition coefficient (Wildman–Crippen LogP) is 0.622. The maximum Gasteiger partial charge on any atom is 0.327 e. The highest BCUT2D eigenvalue weighted by Gasteiger charge is 2.38. The Morgan fingerprint density at radius 1 is 1.60 bits per heavy atom. The number of methoxy groups -OCH3 is 1. The Hall–Kier alpha value is -0.610. The fourth-order valence-corrected chi connectivity index (χ4v) is 1.95. The molecular formula is C11H22N2O2. The fraction of sp³-hybridized carbons (Fsp3) is 0.909. The maximum absolute atomic E-state index is 11.7. The van der Waals surface area contributed by atoms with E-state index in [1.807, 2.05) is 13.8 Å². The van der Waals surface area contributed by atoms with E-state index in [1.165, 1.54) is 20.0 Å². The zero-order valence-electron chi connectivity index (χ0n) is 10.2. The Morgan fingerprint density at radius 2 is 2.20 bits per heavy atom. The van der Waals surface area contributed by atoms with E-state index in [2.05, 4.69) is 17.3 Å². The van der Waals surface area contributed by atoms with Crippen molar-refractivity contribution in [1.29, 1.82) is 0 Å². The smallest absolute Gasteiger partial charge is 0.327 e. The van der Waals surface area contributed by atoms with Gasteiger partial charge in [0.25, 0.3) is 0 Å². The van der Waals surface area contributed by atoms with Crippen LogP contribution in [0.15, 0.2) is 0 Å². The molecular weight excluding hydrogens is 192 g/mol. The summed E-state index contributed by atoms with van der Waals surface area (Å²) in [6, 6.07) is 0.660. The van der Waals surface area contributed by atoms with Crippen LogP contribution in [0, 0.1) is 0 Å². The van der Waals surface area contributed by atoms with Gasteiger partial charge < -0.3 is 15.0 Å². The van der Waals surface area contributed by atoms with Crippen LogP contribution in [0.4, 0.5) is 0 Å². The van der Waals surface area contributed by atoms with Crippen LogP contribution in [-0.4, -0.2) is 49.7 Å². The molecule has 4 heteroatoms. The van der Waals surface area contributed by atoms with Gasteiger partial charge in [0, 0.05) is 12.6 Å². The quantitative estimate of drug-likeness (QED) is 0.658. The zero-order chi connectivity index (χ0) is 11.5. The van der Waals surface area contributed by atoms with Crippen molar-refractivity contribution < 1.29 is 9.53 Å². The molecule has 0 heterocycles. The molecule has 0 bridgehead atoms. The summed E-state index contributed by atoms with van der Waals surface area (Å²) >= 11 is 0. The molecule has 15 heavy (non-hydrogen) atoms. The molecule has 1 saturated carbocycles. The number of likely N-dealkylation sites (N-methyl/N-ethyl adjacent to an activating group) is 2. The first-order valence-corrected chi connectivity index (χ1v) is 5.57. The number of nitrogens with one attached hydrogen (secondary N) is 1. The molecule has 0 aromatic carbocycles. The molecule has 0 aliphatic heterocycles. The summed E-state index contributed by atoms with van der Waals surface area (Å²) in [5.74, 6) is -0.183. The SMILES string of the molecule is CCNC(C)(CN(C)C1CC1)C(=O)OC. The lowest BCUT2D eigenvalue weighted by Crippen LogP contribution is -2.57. The number of hydrogen-bond donors (Lipinski definition) is 1. The molecule has 1 aliphatic rings. The number of hydrogen-bond acceptors (Lipinski definition) is 4. The minimum atomic E-state index is -0.582. The molecule has 1 atom stereocenters. The highest BCUT2D eigenvalue weighted by atomic mass is 16.5. The Kier molecular flexibility index (Phi) is 4.11. The summed E-state index contributed by atoms with van der Waals surface area (Å²) in [4.78, 5) is 13.9. The average molecular weight is 214 g/mol. The minimum absolute atomic E-state index is 0.183. The van der Waals surface area contributed by atoms with Gasteiger partial charge in [0.1, 0.15) is 5.54 Å². The van der Waals surface area contributed by atoms with Gasteiger partial charge >= 0.3 is 5.97 Å². The van der Waals surface area contributed by atoms with Crippen molar-refractivity contribution in [3.8, 4) is 0 Å². The van der Waals surface area contributed by atoms with Gasteiger partial charge in [0.05, 0.1) is 7.11 Å². The molecule has 1 fully saturated rings. The number of rotatable bonds is 6. The predicted molar refractivity (Wildman–Crippen MR) is 59.7 cm³/mol. The van der Waals surface area contributed by atoms with E-state index >= 15 is 0 Å². The Labute approximate surface area is 92.0 Å². The highest BCUT2D eigenvalue weighted by molar-refractivity contribution is 5.80. The lowest BCUT2D eigenvalue weighted by molar-refractivity contribution is -0.148. The summed E-state index contributed by atoms with van der Waals surface area (Å²) in [5.41, 5.74) is -0.582. The van der Waals surface area contributed by atoms with E-state index in [-0.39, 0.29) is 5.97 Å². The molecule has 0 radical (unpaired) electrons. The molecule has 0 spiro atoms. The first-order chi connectivity index (χ1) is 7.03. The Bertz CT molecular complexity index is 229. The first-order valence-electron chi connectivity index (χ1n) is 5.57. The number of ether oxygens (including phenoxy) is 1. The molecule has 1 aliphatic carbocycles. The molecule has 1 N–H and O–H groups in total. The summed E-state index contributed by atoms with van der Waals surface area (Å²) in [6.07, 6.45) is 2.50. The third kappa shape index (κ3) is 3.18. The van der Waals surface area contributed by atoms with Crippen molar-refractivity contribution >= 4 is 5.97 Å². The molecule has 88 valence electrons. The molecule has 1 rings (SSSR count). The van der Waals surface area contributed by atoms with Gasteiger partial charge in [-0.15, -0.1) is 0 Å². The second-order valence-electron chi connectivity index (χ2n) is 4.50. The van der Waals surface area contributed by atoms with Gasteiger partial charge in [-0.2, -0.15) is 0 Å². The minimum Gasteiger partial charge on any atom is -0.468 e. The fourth-order valence-electron chi connectivity index (χ4n) is 1.95. The third-order valence-corrected chi connectivity index (χ3v) is 2.94. The Morgan fingerprint density at radius 3 is 2.60 bits per heavy atom. The summed E-state index contributed by atoms with van der Waals surface area (Å²) in [7, 11) is 3.51. The van der Waals surface area contributed by atoms with Crippen LogP contribution in [0.25, 0.3) is 0 Å². The van der Waals surface area contributed by atoms with E-state index in [9.17, 15) is 4.79 Å². The second-order valence-corrected chi connectivity index (χ2v) is 4.50. The normalized spacial score (nSPS) is 20.1. The van der Waals surface area contributed by atoms with Gasteiger partial charge in [-0.25, -0.2) is 0 Å². The van der Waals surface area contributed by atoms with Crippen LogP contribution in [0.2, 0.25) is 0 Å². The van der Waals surface area contributed by atoms with E-state index in [1.54, 1.807) is 0 Å². The first kappa shape index (κ1) is 12.5. The van der Waals surface area contributed by atoms with Crippen molar-refractivity contribution in [3.63, 3.8) is 0 Å². The second kappa shape index (κ2) is 4.94. The van der Waals surface area contributed by atoms with E-state index in [0.717, 1.165) is 6.54 Å². The van der Waals surface area contributed by atoms with Crippen LogP contribution in [0.3, 0.4) is 0 Å². The molecule has 0 saturated heterocycles. The largest absolute Gasteiger partial charge is 0.468 e. The molecule has 1 unspecified atom stereocenters. The maximum atomic E-state index is 11.7. The lowest BCUT2D eigenvalue weighted by Gasteiger charge is -2.32. The van der Waals surface area contributed by atoms with E-state index < -0.39 is 5.54 Å². The van der Waals surface area contributed by atoms with Crippen LogP contribution >= 0.6 is 0 Å².